The maximum absolute atomic E-state index is 13.3. The standard InChI is InChI=1S/C33H33N3O4/c1-21-6-8-25(9-7-21)31-28-17-27(13-12-24(28)14-15-36(31)33(38)26-10-11-26)39-20-30-35-29(19-40-30)32(37)34-18-23-5-3-4-22(2)16-23/h3-9,12-13,16-17,19,26,31H,10-11,14-15,18,20H2,1-2H3,(H,34,37)/t31-/m0/s1. The average molecular weight is 536 g/mol. The number of hydrogen-bond donors (Lipinski definition) is 1. The second kappa shape index (κ2) is 11.0. The van der Waals surface area contributed by atoms with E-state index in [2.05, 4.69) is 47.6 Å². The van der Waals surface area contributed by atoms with E-state index in [0.29, 0.717) is 24.7 Å². The third-order valence-electron chi connectivity index (χ3n) is 7.63. The summed E-state index contributed by atoms with van der Waals surface area (Å²) >= 11 is 0. The largest absolute Gasteiger partial charge is 0.484 e. The summed E-state index contributed by atoms with van der Waals surface area (Å²) in [7, 11) is 0. The predicted octanol–water partition coefficient (Wildman–Crippen LogP) is 5.68. The molecule has 0 unspecified atom stereocenters. The van der Waals surface area contributed by atoms with E-state index in [1.54, 1.807) is 0 Å². The van der Waals surface area contributed by atoms with Crippen LogP contribution in [0.2, 0.25) is 0 Å². The number of aryl methyl sites for hydroxylation is 2. The Morgan fingerprint density at radius 1 is 1.02 bits per heavy atom. The lowest BCUT2D eigenvalue weighted by Gasteiger charge is -2.38. The molecular formula is C33H33N3O4. The van der Waals surface area contributed by atoms with E-state index in [-0.39, 0.29) is 36.1 Å². The quantitative estimate of drug-likeness (QED) is 0.314. The van der Waals surface area contributed by atoms with E-state index < -0.39 is 0 Å². The zero-order valence-corrected chi connectivity index (χ0v) is 22.9. The van der Waals surface area contributed by atoms with Crippen LogP contribution in [-0.2, 0) is 24.4 Å². The van der Waals surface area contributed by atoms with Crippen LogP contribution in [0.15, 0.2) is 77.4 Å². The minimum Gasteiger partial charge on any atom is -0.484 e. The van der Waals surface area contributed by atoms with Gasteiger partial charge < -0.3 is 19.4 Å². The van der Waals surface area contributed by atoms with Crippen molar-refractivity contribution in [3.8, 4) is 5.75 Å². The summed E-state index contributed by atoms with van der Waals surface area (Å²) < 4.78 is 11.6. The highest BCUT2D eigenvalue weighted by molar-refractivity contribution is 5.91. The lowest BCUT2D eigenvalue weighted by molar-refractivity contribution is -0.134. The molecule has 7 nitrogen and oxygen atoms in total. The van der Waals surface area contributed by atoms with E-state index in [4.69, 9.17) is 9.15 Å². The van der Waals surface area contributed by atoms with Gasteiger partial charge in [0.25, 0.3) is 5.91 Å². The molecule has 0 radical (unpaired) electrons. The topological polar surface area (TPSA) is 84.7 Å². The molecule has 1 fully saturated rings. The first-order valence-corrected chi connectivity index (χ1v) is 13.9. The molecule has 0 spiro atoms. The molecule has 0 bridgehead atoms. The summed E-state index contributed by atoms with van der Waals surface area (Å²) in [4.78, 5) is 32.2. The Kier molecular flexibility index (Phi) is 7.11. The molecule has 6 rings (SSSR count). The zero-order valence-electron chi connectivity index (χ0n) is 22.9. The van der Waals surface area contributed by atoms with Crippen LogP contribution in [0.5, 0.6) is 5.75 Å². The minimum absolute atomic E-state index is 0.0872. The Hall–Kier alpha value is -4.39. The van der Waals surface area contributed by atoms with Crippen LogP contribution >= 0.6 is 0 Å². The van der Waals surface area contributed by atoms with Crippen molar-refractivity contribution < 1.29 is 18.7 Å². The van der Waals surface area contributed by atoms with Gasteiger partial charge in [-0.15, -0.1) is 0 Å². The van der Waals surface area contributed by atoms with E-state index in [0.717, 1.165) is 41.5 Å². The van der Waals surface area contributed by atoms with Gasteiger partial charge in [0, 0.05) is 19.0 Å². The summed E-state index contributed by atoms with van der Waals surface area (Å²) in [6, 6.07) is 22.3. The molecule has 2 heterocycles. The fourth-order valence-corrected chi connectivity index (χ4v) is 5.31. The number of carbonyl (C=O) groups is 2. The molecule has 40 heavy (non-hydrogen) atoms. The van der Waals surface area contributed by atoms with Crippen LogP contribution < -0.4 is 10.1 Å². The number of oxazole rings is 1. The second-order valence-corrected chi connectivity index (χ2v) is 10.8. The summed E-state index contributed by atoms with van der Waals surface area (Å²) in [5, 5.41) is 2.88. The summed E-state index contributed by atoms with van der Waals surface area (Å²) in [6.07, 6.45) is 4.13. The number of rotatable bonds is 8. The maximum atomic E-state index is 13.3. The first-order chi connectivity index (χ1) is 19.4. The molecule has 0 saturated heterocycles. The third-order valence-corrected chi connectivity index (χ3v) is 7.63. The van der Waals surface area contributed by atoms with Gasteiger partial charge in [0.05, 0.1) is 6.04 Å². The van der Waals surface area contributed by atoms with Crippen LogP contribution in [0.3, 0.4) is 0 Å². The van der Waals surface area contributed by atoms with Gasteiger partial charge >= 0.3 is 0 Å². The Balaban J connectivity index is 1.16. The van der Waals surface area contributed by atoms with Crippen molar-refractivity contribution in [1.82, 2.24) is 15.2 Å². The van der Waals surface area contributed by atoms with Crippen LogP contribution in [0.25, 0.3) is 0 Å². The van der Waals surface area contributed by atoms with Crippen LogP contribution in [-0.4, -0.2) is 28.2 Å². The van der Waals surface area contributed by atoms with Gasteiger partial charge in [0.15, 0.2) is 12.3 Å². The van der Waals surface area contributed by atoms with Crippen LogP contribution in [0, 0.1) is 19.8 Å². The highest BCUT2D eigenvalue weighted by Crippen LogP contribution is 2.41. The number of fused-ring (bicyclic) bond motifs is 1. The number of benzene rings is 3. The van der Waals surface area contributed by atoms with Crippen molar-refractivity contribution in [3.63, 3.8) is 0 Å². The fourth-order valence-electron chi connectivity index (χ4n) is 5.31. The van der Waals surface area contributed by atoms with Gasteiger partial charge in [0.1, 0.15) is 12.0 Å². The first kappa shape index (κ1) is 25.9. The van der Waals surface area contributed by atoms with Crippen molar-refractivity contribution in [2.75, 3.05) is 6.54 Å². The number of nitrogens with one attached hydrogen (secondary N) is 1. The second-order valence-electron chi connectivity index (χ2n) is 10.8. The number of amides is 2. The van der Waals surface area contributed by atoms with Crippen molar-refractivity contribution in [2.45, 2.75) is 52.3 Å². The monoisotopic (exact) mass is 535 g/mol. The number of aromatic nitrogens is 1. The van der Waals surface area contributed by atoms with Gasteiger partial charge in [-0.2, -0.15) is 0 Å². The Bertz CT molecular complexity index is 1540. The molecule has 4 aromatic rings. The summed E-state index contributed by atoms with van der Waals surface area (Å²) in [5.41, 5.74) is 6.98. The van der Waals surface area contributed by atoms with E-state index in [1.165, 1.54) is 17.4 Å². The first-order valence-electron chi connectivity index (χ1n) is 13.9. The molecule has 2 amide bonds. The van der Waals surface area contributed by atoms with Gasteiger partial charge in [0.2, 0.25) is 11.8 Å². The smallest absolute Gasteiger partial charge is 0.273 e. The van der Waals surface area contributed by atoms with Crippen LogP contribution in [0.1, 0.15) is 68.6 Å². The van der Waals surface area contributed by atoms with Gasteiger partial charge in [-0.25, -0.2) is 4.98 Å². The maximum Gasteiger partial charge on any atom is 0.273 e. The van der Waals surface area contributed by atoms with Gasteiger partial charge in [-0.3, -0.25) is 9.59 Å². The average Bonchev–Trinajstić information content (AvgIpc) is 3.71. The van der Waals surface area contributed by atoms with Crippen molar-refractivity contribution in [3.05, 3.63) is 118 Å². The molecule has 1 aliphatic carbocycles. The molecule has 2 aliphatic rings. The molecule has 1 aromatic heterocycles. The normalized spacial score (nSPS) is 16.4. The van der Waals surface area contributed by atoms with E-state index in [9.17, 15) is 9.59 Å². The van der Waals surface area contributed by atoms with Crippen molar-refractivity contribution in [2.24, 2.45) is 5.92 Å². The van der Waals surface area contributed by atoms with Crippen molar-refractivity contribution >= 4 is 11.8 Å². The Labute approximate surface area is 234 Å². The summed E-state index contributed by atoms with van der Waals surface area (Å²) in [5.74, 6) is 1.09. The molecule has 7 heteroatoms. The number of nitrogens with zero attached hydrogens (tertiary/aromatic N) is 2. The predicted molar refractivity (Wildman–Crippen MR) is 151 cm³/mol. The lowest BCUT2D eigenvalue weighted by Crippen LogP contribution is -2.41. The van der Waals surface area contributed by atoms with Gasteiger partial charge in [-0.05, 0) is 67.5 Å². The number of carbonyl (C=O) groups excluding carboxylic acids is 2. The Morgan fingerprint density at radius 3 is 2.62 bits per heavy atom. The SMILES string of the molecule is Cc1ccc([C@H]2c3cc(OCc4nc(C(=O)NCc5cccc(C)c5)co4)ccc3CCN2C(=O)C2CC2)cc1. The number of ether oxygens (including phenoxy) is 1. The number of hydrogen-bond acceptors (Lipinski definition) is 5. The highest BCUT2D eigenvalue weighted by atomic mass is 16.5. The molecular weight excluding hydrogens is 502 g/mol. The third kappa shape index (κ3) is 5.64. The zero-order chi connectivity index (χ0) is 27.6. The van der Waals surface area contributed by atoms with Crippen molar-refractivity contribution in [1.29, 1.82) is 0 Å². The lowest BCUT2D eigenvalue weighted by atomic mass is 9.87. The van der Waals surface area contributed by atoms with E-state index >= 15 is 0 Å². The van der Waals surface area contributed by atoms with Gasteiger partial charge in [-0.1, -0.05) is 65.7 Å². The molecule has 1 saturated carbocycles. The summed E-state index contributed by atoms with van der Waals surface area (Å²) in [6.45, 7) is 5.30. The Morgan fingerprint density at radius 2 is 1.85 bits per heavy atom. The molecule has 204 valence electrons. The molecule has 3 aromatic carbocycles. The van der Waals surface area contributed by atoms with Crippen LogP contribution in [0.4, 0.5) is 0 Å². The molecule has 1 N–H and O–H groups in total. The van der Waals surface area contributed by atoms with E-state index in [1.807, 2.05) is 48.2 Å². The highest BCUT2D eigenvalue weighted by Gasteiger charge is 2.39. The fraction of sp³-hybridized carbons (Fsp3) is 0.303. The minimum atomic E-state index is -0.299. The molecule has 1 aliphatic heterocycles. The molecule has 1 atom stereocenters.